The Bertz CT molecular complexity index is 1790. The molecule has 0 saturated heterocycles. The van der Waals surface area contributed by atoms with E-state index >= 15 is 4.39 Å². The van der Waals surface area contributed by atoms with Crippen LogP contribution < -0.4 is 19.9 Å². The largest absolute Gasteiger partial charge is 0.444 e. The molecule has 0 unspecified atom stereocenters. The first kappa shape index (κ1) is 31.4. The van der Waals surface area contributed by atoms with Gasteiger partial charge in [-0.05, 0) is 66.7 Å². The fraction of sp³-hybridized carbons (Fsp3) is 0.419. The minimum atomic E-state index is -0.748. The average Bonchev–Trinajstić information content (AvgIpc) is 3.29. The molecule has 1 aromatic carbocycles. The van der Waals surface area contributed by atoms with Gasteiger partial charge in [-0.25, -0.2) is 23.9 Å². The molecule has 0 radical (unpaired) electrons. The molecule has 2 amide bonds. The Morgan fingerprint density at radius 1 is 1.04 bits per heavy atom. The summed E-state index contributed by atoms with van der Waals surface area (Å²) < 4.78 is 32.0. The number of alkyl carbamates (subject to hydrolysis) is 1. The van der Waals surface area contributed by atoms with Crippen LogP contribution >= 0.6 is 0 Å². The van der Waals surface area contributed by atoms with Gasteiger partial charge in [0.15, 0.2) is 5.75 Å². The van der Waals surface area contributed by atoms with E-state index in [1.54, 1.807) is 48.5 Å². The Balaban J connectivity index is 1.58. The molecule has 238 valence electrons. The molecule has 4 aromatic rings. The van der Waals surface area contributed by atoms with Crippen LogP contribution in [0, 0.1) is 12.7 Å². The van der Waals surface area contributed by atoms with Crippen molar-refractivity contribution in [1.82, 2.24) is 30.2 Å². The standard InChI is InChI=1S/C31H37FN8O5/c1-17-33-15-20(16-34-17)43-27-37-25-23(26(38-27)40-11-9-19(10-12-40)35-28(41)44-30(2,3)4)21-13-18(32)14-22(24(21)36-25)39(8)29(42)45-31(5,6)7/h9,13-16H,10-12H2,1-8H3,(H,35,41)(H,36,37,38). The highest BCUT2D eigenvalue weighted by Crippen LogP contribution is 2.39. The van der Waals surface area contributed by atoms with Crippen LogP contribution in [0.15, 0.2) is 36.3 Å². The van der Waals surface area contributed by atoms with Crippen molar-refractivity contribution < 1.29 is 28.2 Å². The fourth-order valence-corrected chi connectivity index (χ4v) is 4.72. The Labute approximate surface area is 259 Å². The van der Waals surface area contributed by atoms with E-state index in [0.717, 1.165) is 0 Å². The number of aryl methyl sites for hydroxylation is 1. The van der Waals surface area contributed by atoms with Gasteiger partial charge in [-0.1, -0.05) is 0 Å². The number of aromatic amines is 1. The van der Waals surface area contributed by atoms with Crippen LogP contribution in [-0.2, 0) is 9.47 Å². The van der Waals surface area contributed by atoms with Gasteiger partial charge < -0.3 is 24.1 Å². The van der Waals surface area contributed by atoms with Crippen LogP contribution in [0.25, 0.3) is 21.9 Å². The molecular weight excluding hydrogens is 583 g/mol. The summed E-state index contributed by atoms with van der Waals surface area (Å²) in [7, 11) is 1.51. The van der Waals surface area contributed by atoms with Gasteiger partial charge in [-0.3, -0.25) is 10.2 Å². The number of aromatic nitrogens is 5. The van der Waals surface area contributed by atoms with E-state index in [0.29, 0.717) is 64.5 Å². The zero-order valence-electron chi connectivity index (χ0n) is 26.6. The highest BCUT2D eigenvalue weighted by molar-refractivity contribution is 6.16. The molecule has 0 atom stereocenters. The number of rotatable bonds is 5. The Kier molecular flexibility index (Phi) is 8.25. The van der Waals surface area contributed by atoms with Crippen molar-refractivity contribution in [3.05, 3.63) is 47.9 Å². The van der Waals surface area contributed by atoms with E-state index in [1.807, 2.05) is 11.0 Å². The van der Waals surface area contributed by atoms with E-state index in [4.69, 9.17) is 19.2 Å². The van der Waals surface area contributed by atoms with Gasteiger partial charge in [-0.2, -0.15) is 9.97 Å². The molecular formula is C31H37FN8O5. The molecule has 0 bridgehead atoms. The maximum absolute atomic E-state index is 15.2. The zero-order valence-corrected chi connectivity index (χ0v) is 26.6. The molecule has 1 aliphatic heterocycles. The van der Waals surface area contributed by atoms with Gasteiger partial charge in [0.2, 0.25) is 0 Å². The number of fused-ring (bicyclic) bond motifs is 3. The maximum Gasteiger partial charge on any atom is 0.414 e. The van der Waals surface area contributed by atoms with Crippen LogP contribution in [0.3, 0.4) is 0 Å². The Hall–Kier alpha value is -5.01. The lowest BCUT2D eigenvalue weighted by atomic mass is 10.1. The zero-order chi connectivity index (χ0) is 32.7. The number of halogens is 1. The monoisotopic (exact) mass is 620 g/mol. The third-order valence-electron chi connectivity index (χ3n) is 6.63. The third kappa shape index (κ3) is 7.39. The minimum absolute atomic E-state index is 0.0145. The van der Waals surface area contributed by atoms with Crippen LogP contribution in [0.1, 0.15) is 53.8 Å². The predicted octanol–water partition coefficient (Wildman–Crippen LogP) is 6.13. The number of nitrogens with one attached hydrogen (secondary N) is 2. The van der Waals surface area contributed by atoms with E-state index in [1.165, 1.54) is 36.5 Å². The highest BCUT2D eigenvalue weighted by Gasteiger charge is 2.27. The first-order valence-electron chi connectivity index (χ1n) is 14.5. The second-order valence-corrected chi connectivity index (χ2v) is 12.7. The molecule has 45 heavy (non-hydrogen) atoms. The molecule has 14 heteroatoms. The summed E-state index contributed by atoms with van der Waals surface area (Å²) in [6, 6.07) is 2.64. The summed E-state index contributed by atoms with van der Waals surface area (Å²) in [5, 5.41) is 3.81. The average molecular weight is 621 g/mol. The summed E-state index contributed by atoms with van der Waals surface area (Å²) in [5.74, 6) is 0.827. The number of carbonyl (C=O) groups is 2. The van der Waals surface area contributed by atoms with Gasteiger partial charge in [0.1, 0.15) is 34.3 Å². The molecule has 5 rings (SSSR count). The van der Waals surface area contributed by atoms with Crippen LogP contribution in [0.4, 0.5) is 25.5 Å². The Morgan fingerprint density at radius 3 is 2.36 bits per heavy atom. The lowest BCUT2D eigenvalue weighted by molar-refractivity contribution is 0.0541. The number of hydrogen-bond donors (Lipinski definition) is 2. The number of amides is 2. The summed E-state index contributed by atoms with van der Waals surface area (Å²) in [6.45, 7) is 13.3. The van der Waals surface area contributed by atoms with Crippen LogP contribution in [-0.4, -0.2) is 68.4 Å². The topological polar surface area (TPSA) is 148 Å². The molecule has 0 saturated carbocycles. The first-order valence-corrected chi connectivity index (χ1v) is 14.5. The maximum atomic E-state index is 15.2. The molecule has 13 nitrogen and oxygen atoms in total. The van der Waals surface area contributed by atoms with Gasteiger partial charge in [0.25, 0.3) is 0 Å². The van der Waals surface area contributed by atoms with E-state index < -0.39 is 29.2 Å². The van der Waals surface area contributed by atoms with Gasteiger partial charge in [0.05, 0.1) is 29.0 Å². The predicted molar refractivity (Wildman–Crippen MR) is 167 cm³/mol. The molecule has 4 heterocycles. The van der Waals surface area contributed by atoms with Crippen molar-refractivity contribution >= 4 is 45.6 Å². The van der Waals surface area contributed by atoms with Crippen molar-refractivity contribution in [2.24, 2.45) is 0 Å². The van der Waals surface area contributed by atoms with Crippen molar-refractivity contribution in [3.63, 3.8) is 0 Å². The third-order valence-corrected chi connectivity index (χ3v) is 6.63. The second-order valence-electron chi connectivity index (χ2n) is 12.7. The minimum Gasteiger partial charge on any atom is -0.444 e. The van der Waals surface area contributed by atoms with Gasteiger partial charge in [-0.15, -0.1) is 0 Å². The normalized spacial score (nSPS) is 13.9. The molecule has 1 aliphatic rings. The van der Waals surface area contributed by atoms with Crippen molar-refractivity contribution in [2.45, 2.75) is 66.1 Å². The number of H-pyrrole nitrogens is 1. The number of nitrogens with zero attached hydrogens (tertiary/aromatic N) is 6. The number of hydrogen-bond acceptors (Lipinski definition) is 10. The molecule has 3 aromatic heterocycles. The first-order chi connectivity index (χ1) is 21.1. The molecule has 0 fully saturated rings. The quantitative estimate of drug-likeness (QED) is 0.267. The number of benzene rings is 1. The van der Waals surface area contributed by atoms with Gasteiger partial charge in [0, 0.05) is 37.6 Å². The molecule has 0 aliphatic carbocycles. The van der Waals surface area contributed by atoms with E-state index in [2.05, 4.69) is 25.3 Å². The molecule has 2 N–H and O–H groups in total. The fourth-order valence-electron chi connectivity index (χ4n) is 4.72. The smallest absolute Gasteiger partial charge is 0.414 e. The van der Waals surface area contributed by atoms with Crippen molar-refractivity contribution in [3.8, 4) is 11.8 Å². The number of ether oxygens (including phenoxy) is 3. The van der Waals surface area contributed by atoms with Crippen LogP contribution in [0.5, 0.6) is 11.8 Å². The second kappa shape index (κ2) is 11.8. The van der Waals surface area contributed by atoms with E-state index in [9.17, 15) is 9.59 Å². The highest BCUT2D eigenvalue weighted by atomic mass is 19.1. The number of carbonyl (C=O) groups excluding carboxylic acids is 2. The summed E-state index contributed by atoms with van der Waals surface area (Å²) >= 11 is 0. The number of anilines is 2. The summed E-state index contributed by atoms with van der Waals surface area (Å²) in [4.78, 5) is 49.4. The van der Waals surface area contributed by atoms with Crippen molar-refractivity contribution in [2.75, 3.05) is 29.9 Å². The van der Waals surface area contributed by atoms with Crippen molar-refractivity contribution in [1.29, 1.82) is 0 Å². The Morgan fingerprint density at radius 2 is 1.73 bits per heavy atom. The SMILES string of the molecule is Cc1ncc(Oc2nc(N3CC=C(NC(=O)OC(C)(C)C)CC3)c3c(n2)[nH]c2c(N(C)C(=O)OC(C)(C)C)cc(F)cc23)cn1. The lowest BCUT2D eigenvalue weighted by Crippen LogP contribution is -2.36. The van der Waals surface area contributed by atoms with Crippen LogP contribution in [0.2, 0.25) is 0 Å². The summed E-state index contributed by atoms with van der Waals surface area (Å²) in [6.07, 6.45) is 4.21. The van der Waals surface area contributed by atoms with Gasteiger partial charge >= 0.3 is 18.2 Å². The van der Waals surface area contributed by atoms with E-state index in [-0.39, 0.29) is 11.7 Å². The summed E-state index contributed by atoms with van der Waals surface area (Å²) in [5.41, 5.74) is 0.431. The lowest BCUT2D eigenvalue weighted by Gasteiger charge is -2.29. The molecule has 0 spiro atoms.